The topological polar surface area (TPSA) is 42.9 Å². The summed E-state index contributed by atoms with van der Waals surface area (Å²) in [6.07, 6.45) is 6.94. The van der Waals surface area contributed by atoms with E-state index in [9.17, 15) is 4.79 Å². The predicted molar refractivity (Wildman–Crippen MR) is 64.8 cm³/mol. The van der Waals surface area contributed by atoms with Gasteiger partial charge in [0.2, 0.25) is 0 Å². The highest BCUT2D eigenvalue weighted by Gasteiger charge is 2.26. The molecule has 0 unspecified atom stereocenters. The number of nitrogens with zero attached hydrogens (tertiary/aromatic N) is 2. The molecule has 1 aromatic carbocycles. The van der Waals surface area contributed by atoms with Crippen molar-refractivity contribution < 1.29 is 4.79 Å². The number of carbonyl (C=O) groups is 1. The molecular formula is C14H12N2O. The average Bonchev–Trinajstić information content (AvgIpc) is 3.23. The Hall–Kier alpha value is -2.03. The van der Waals surface area contributed by atoms with E-state index in [2.05, 4.69) is 9.97 Å². The molecule has 84 valence electrons. The van der Waals surface area contributed by atoms with E-state index in [4.69, 9.17) is 0 Å². The van der Waals surface area contributed by atoms with Crippen molar-refractivity contribution >= 4 is 6.29 Å². The second-order valence-corrected chi connectivity index (χ2v) is 4.35. The van der Waals surface area contributed by atoms with E-state index in [0.29, 0.717) is 11.5 Å². The second kappa shape index (κ2) is 4.09. The lowest BCUT2D eigenvalue weighted by atomic mass is 10.1. The molecule has 1 aliphatic rings. The number of aldehydes is 1. The zero-order chi connectivity index (χ0) is 11.7. The normalized spacial score (nSPS) is 14.6. The maximum Gasteiger partial charge on any atom is 0.150 e. The molecule has 3 heteroatoms. The van der Waals surface area contributed by atoms with E-state index in [-0.39, 0.29) is 0 Å². The lowest BCUT2D eigenvalue weighted by Crippen LogP contribution is -1.92. The molecule has 1 heterocycles. The largest absolute Gasteiger partial charge is 0.298 e. The fourth-order valence-corrected chi connectivity index (χ4v) is 1.83. The van der Waals surface area contributed by atoms with Gasteiger partial charge in [-0.2, -0.15) is 0 Å². The Morgan fingerprint density at radius 2 is 1.88 bits per heavy atom. The van der Waals surface area contributed by atoms with Crippen LogP contribution >= 0.6 is 0 Å². The van der Waals surface area contributed by atoms with E-state index < -0.39 is 0 Å². The van der Waals surface area contributed by atoms with Crippen LogP contribution in [0.4, 0.5) is 0 Å². The molecule has 2 aromatic rings. The Bertz CT molecular complexity index is 544. The third-order valence-corrected chi connectivity index (χ3v) is 2.97. The molecule has 1 saturated carbocycles. The summed E-state index contributed by atoms with van der Waals surface area (Å²) in [5, 5.41) is 0. The summed E-state index contributed by atoms with van der Waals surface area (Å²) in [5.41, 5.74) is 2.61. The zero-order valence-electron chi connectivity index (χ0n) is 9.34. The van der Waals surface area contributed by atoms with Crippen LogP contribution in [0.1, 0.15) is 34.9 Å². The third-order valence-electron chi connectivity index (χ3n) is 2.97. The van der Waals surface area contributed by atoms with Gasteiger partial charge in [-0.15, -0.1) is 0 Å². The Balaban J connectivity index is 1.93. The summed E-state index contributed by atoms with van der Waals surface area (Å²) in [4.78, 5) is 19.5. The molecule has 1 aliphatic carbocycles. The smallest absolute Gasteiger partial charge is 0.150 e. The van der Waals surface area contributed by atoms with Gasteiger partial charge in [-0.25, -0.2) is 9.97 Å². The Morgan fingerprint density at radius 3 is 2.53 bits per heavy atom. The number of hydrogen-bond donors (Lipinski definition) is 0. The first-order valence-electron chi connectivity index (χ1n) is 5.74. The van der Waals surface area contributed by atoms with Gasteiger partial charge in [0.15, 0.2) is 0 Å². The molecule has 17 heavy (non-hydrogen) atoms. The standard InChI is InChI=1S/C14H12N2O/c17-9-10-2-1-3-12(6-10)13-7-15-14(16-8-13)11-4-5-11/h1-3,6-9,11H,4-5H2. The molecule has 0 saturated heterocycles. The molecule has 1 aromatic heterocycles. The van der Waals surface area contributed by atoms with Crippen molar-refractivity contribution in [2.24, 2.45) is 0 Å². The average molecular weight is 224 g/mol. The van der Waals surface area contributed by atoms with Crippen LogP contribution in [0.3, 0.4) is 0 Å². The third kappa shape index (κ3) is 2.09. The monoisotopic (exact) mass is 224 g/mol. The zero-order valence-corrected chi connectivity index (χ0v) is 9.34. The minimum atomic E-state index is 0.574. The van der Waals surface area contributed by atoms with Crippen molar-refractivity contribution in [3.63, 3.8) is 0 Å². The van der Waals surface area contributed by atoms with Gasteiger partial charge in [0.1, 0.15) is 12.1 Å². The van der Waals surface area contributed by atoms with Gasteiger partial charge in [-0.05, 0) is 24.5 Å². The van der Waals surface area contributed by atoms with Crippen LogP contribution in [0.15, 0.2) is 36.7 Å². The number of hydrogen-bond acceptors (Lipinski definition) is 3. The molecule has 0 N–H and O–H groups in total. The summed E-state index contributed by atoms with van der Waals surface area (Å²) in [6, 6.07) is 7.47. The number of aromatic nitrogens is 2. The predicted octanol–water partition coefficient (Wildman–Crippen LogP) is 2.83. The SMILES string of the molecule is O=Cc1cccc(-c2cnc(C3CC3)nc2)c1. The molecule has 3 nitrogen and oxygen atoms in total. The first-order chi connectivity index (χ1) is 8.36. The molecule has 0 atom stereocenters. The van der Waals surface area contributed by atoms with E-state index in [1.54, 1.807) is 6.07 Å². The second-order valence-electron chi connectivity index (χ2n) is 4.35. The van der Waals surface area contributed by atoms with Gasteiger partial charge < -0.3 is 0 Å². The molecule has 0 amide bonds. The van der Waals surface area contributed by atoms with E-state index in [0.717, 1.165) is 23.2 Å². The highest BCUT2D eigenvalue weighted by atomic mass is 16.1. The van der Waals surface area contributed by atoms with E-state index in [1.165, 1.54) is 12.8 Å². The van der Waals surface area contributed by atoms with Gasteiger partial charge >= 0.3 is 0 Å². The first kappa shape index (κ1) is 10.1. The Labute approximate surface area is 99.5 Å². The van der Waals surface area contributed by atoms with Crippen LogP contribution in [0.2, 0.25) is 0 Å². The fourth-order valence-electron chi connectivity index (χ4n) is 1.83. The van der Waals surface area contributed by atoms with Crippen molar-refractivity contribution in [3.05, 3.63) is 48.0 Å². The molecule has 0 radical (unpaired) electrons. The molecular weight excluding hydrogens is 212 g/mol. The summed E-state index contributed by atoms with van der Waals surface area (Å²) in [6.45, 7) is 0. The highest BCUT2D eigenvalue weighted by Crippen LogP contribution is 2.37. The highest BCUT2D eigenvalue weighted by molar-refractivity contribution is 5.78. The lowest BCUT2D eigenvalue weighted by Gasteiger charge is -2.02. The van der Waals surface area contributed by atoms with Crippen molar-refractivity contribution in [2.75, 3.05) is 0 Å². The first-order valence-corrected chi connectivity index (χ1v) is 5.74. The minimum Gasteiger partial charge on any atom is -0.298 e. The fraction of sp³-hybridized carbons (Fsp3) is 0.214. The molecule has 3 rings (SSSR count). The number of rotatable bonds is 3. The van der Waals surface area contributed by atoms with E-state index in [1.807, 2.05) is 30.6 Å². The van der Waals surface area contributed by atoms with Crippen LogP contribution in [0.5, 0.6) is 0 Å². The number of carbonyl (C=O) groups excluding carboxylic acids is 1. The summed E-state index contributed by atoms with van der Waals surface area (Å²) >= 11 is 0. The summed E-state index contributed by atoms with van der Waals surface area (Å²) < 4.78 is 0. The summed E-state index contributed by atoms with van der Waals surface area (Å²) in [5.74, 6) is 1.52. The van der Waals surface area contributed by atoms with Gasteiger partial charge in [-0.3, -0.25) is 4.79 Å². The van der Waals surface area contributed by atoms with Gasteiger partial charge in [-0.1, -0.05) is 18.2 Å². The van der Waals surface area contributed by atoms with Gasteiger partial charge in [0.05, 0.1) is 0 Å². The van der Waals surface area contributed by atoms with Gasteiger partial charge in [0.25, 0.3) is 0 Å². The van der Waals surface area contributed by atoms with Crippen LogP contribution in [0, 0.1) is 0 Å². The maximum absolute atomic E-state index is 10.7. The Morgan fingerprint density at radius 1 is 1.12 bits per heavy atom. The van der Waals surface area contributed by atoms with Crippen molar-refractivity contribution in [1.29, 1.82) is 0 Å². The van der Waals surface area contributed by atoms with Crippen LogP contribution in [0.25, 0.3) is 11.1 Å². The van der Waals surface area contributed by atoms with Crippen LogP contribution in [-0.4, -0.2) is 16.3 Å². The molecule has 0 aliphatic heterocycles. The summed E-state index contributed by atoms with van der Waals surface area (Å²) in [7, 11) is 0. The van der Waals surface area contributed by atoms with Crippen molar-refractivity contribution in [3.8, 4) is 11.1 Å². The lowest BCUT2D eigenvalue weighted by molar-refractivity contribution is 0.112. The van der Waals surface area contributed by atoms with Crippen LogP contribution in [-0.2, 0) is 0 Å². The van der Waals surface area contributed by atoms with Gasteiger partial charge in [0, 0.05) is 29.4 Å². The molecule has 1 fully saturated rings. The Kier molecular flexibility index (Phi) is 2.44. The maximum atomic E-state index is 10.7. The molecule has 0 spiro atoms. The number of benzene rings is 1. The van der Waals surface area contributed by atoms with Crippen molar-refractivity contribution in [1.82, 2.24) is 9.97 Å². The minimum absolute atomic E-state index is 0.574. The van der Waals surface area contributed by atoms with E-state index >= 15 is 0 Å². The van der Waals surface area contributed by atoms with Crippen LogP contribution < -0.4 is 0 Å². The molecule has 0 bridgehead atoms. The van der Waals surface area contributed by atoms with Crippen molar-refractivity contribution in [2.45, 2.75) is 18.8 Å². The quantitative estimate of drug-likeness (QED) is 0.753.